The van der Waals surface area contributed by atoms with Crippen molar-refractivity contribution < 1.29 is 0 Å². The molecule has 14 heavy (non-hydrogen) atoms. The third kappa shape index (κ3) is 1.13. The Kier molecular flexibility index (Phi) is 1.63. The van der Waals surface area contributed by atoms with Crippen LogP contribution in [0.2, 0.25) is 0 Å². The number of benzene rings is 1. The summed E-state index contributed by atoms with van der Waals surface area (Å²) in [5.41, 5.74) is 1.40. The molecule has 2 heterocycles. The largest absolute Gasteiger partial charge is 0.317 e. The van der Waals surface area contributed by atoms with E-state index in [9.17, 15) is 0 Å². The Hall–Kier alpha value is -1.64. The number of hydrogen-bond acceptors (Lipinski definition) is 2. The van der Waals surface area contributed by atoms with Crippen LogP contribution in [0.25, 0.3) is 0 Å². The lowest BCUT2D eigenvalue weighted by atomic mass is 9.98. The summed E-state index contributed by atoms with van der Waals surface area (Å²) < 4.78 is 2.14. The number of hydrogen-bond donors (Lipinski definition) is 0. The molecule has 1 unspecified atom stereocenters. The molecule has 0 amide bonds. The minimum atomic E-state index is 0.585. The van der Waals surface area contributed by atoms with Crippen molar-refractivity contribution in [2.24, 2.45) is 0 Å². The van der Waals surface area contributed by atoms with Gasteiger partial charge >= 0.3 is 0 Å². The molecule has 0 radical (unpaired) electrons. The summed E-state index contributed by atoms with van der Waals surface area (Å²) >= 11 is 0. The molecule has 0 saturated heterocycles. The molecule has 3 rings (SSSR count). The van der Waals surface area contributed by atoms with Crippen molar-refractivity contribution >= 4 is 0 Å². The Bertz CT molecular complexity index is 412. The summed E-state index contributed by atoms with van der Waals surface area (Å²) in [4.78, 5) is 0. The lowest BCUT2D eigenvalue weighted by Crippen LogP contribution is -2.00. The van der Waals surface area contributed by atoms with E-state index < -0.39 is 0 Å². The standard InChI is InChI=1S/C11H11N3/c1-2-4-9(5-3-1)10-6-11-13-12-8-14(11)7-10/h1-5,8,10H,6-7H2. The Morgan fingerprint density at radius 2 is 2.07 bits per heavy atom. The fourth-order valence-corrected chi connectivity index (χ4v) is 2.06. The van der Waals surface area contributed by atoms with Crippen LogP contribution in [0.4, 0.5) is 0 Å². The van der Waals surface area contributed by atoms with Gasteiger partial charge in [-0.25, -0.2) is 0 Å². The van der Waals surface area contributed by atoms with Crippen LogP contribution < -0.4 is 0 Å². The second-order valence-electron chi connectivity index (χ2n) is 3.71. The van der Waals surface area contributed by atoms with Crippen LogP contribution >= 0.6 is 0 Å². The van der Waals surface area contributed by atoms with Crippen LogP contribution in [-0.2, 0) is 13.0 Å². The zero-order valence-corrected chi connectivity index (χ0v) is 7.80. The molecule has 1 aromatic carbocycles. The second kappa shape index (κ2) is 2.94. The molecule has 1 aliphatic rings. The van der Waals surface area contributed by atoms with E-state index in [1.807, 2.05) is 6.33 Å². The van der Waals surface area contributed by atoms with Gasteiger partial charge in [-0.1, -0.05) is 30.3 Å². The molecule has 0 bridgehead atoms. The van der Waals surface area contributed by atoms with Crippen LogP contribution in [0.3, 0.4) is 0 Å². The van der Waals surface area contributed by atoms with Crippen molar-refractivity contribution in [2.75, 3.05) is 0 Å². The number of aromatic nitrogens is 3. The first-order chi connectivity index (χ1) is 6.93. The number of rotatable bonds is 1. The monoisotopic (exact) mass is 185 g/mol. The summed E-state index contributed by atoms with van der Waals surface area (Å²) in [6.07, 6.45) is 2.84. The molecule has 1 atom stereocenters. The lowest BCUT2D eigenvalue weighted by Gasteiger charge is -2.07. The van der Waals surface area contributed by atoms with Gasteiger partial charge in [-0.15, -0.1) is 10.2 Å². The van der Waals surface area contributed by atoms with Crippen molar-refractivity contribution in [2.45, 2.75) is 18.9 Å². The van der Waals surface area contributed by atoms with E-state index in [0.29, 0.717) is 5.92 Å². The van der Waals surface area contributed by atoms with Gasteiger partial charge in [-0.2, -0.15) is 0 Å². The Balaban J connectivity index is 1.89. The van der Waals surface area contributed by atoms with Gasteiger partial charge < -0.3 is 4.57 Å². The van der Waals surface area contributed by atoms with E-state index in [1.54, 1.807) is 0 Å². The van der Waals surface area contributed by atoms with Crippen LogP contribution in [-0.4, -0.2) is 14.8 Å². The molecular weight excluding hydrogens is 174 g/mol. The molecule has 1 aliphatic heterocycles. The highest BCUT2D eigenvalue weighted by atomic mass is 15.3. The first-order valence-corrected chi connectivity index (χ1v) is 4.85. The molecule has 3 nitrogen and oxygen atoms in total. The van der Waals surface area contributed by atoms with Crippen molar-refractivity contribution in [1.29, 1.82) is 0 Å². The van der Waals surface area contributed by atoms with Crippen molar-refractivity contribution in [3.63, 3.8) is 0 Å². The average molecular weight is 185 g/mol. The van der Waals surface area contributed by atoms with E-state index in [-0.39, 0.29) is 0 Å². The molecule has 70 valence electrons. The van der Waals surface area contributed by atoms with E-state index in [2.05, 4.69) is 45.1 Å². The summed E-state index contributed by atoms with van der Waals surface area (Å²) in [6.45, 7) is 1.02. The fourth-order valence-electron chi connectivity index (χ4n) is 2.06. The first kappa shape index (κ1) is 7.74. The molecular formula is C11H11N3. The van der Waals surface area contributed by atoms with Gasteiger partial charge in [0.05, 0.1) is 0 Å². The average Bonchev–Trinajstić information content (AvgIpc) is 2.78. The van der Waals surface area contributed by atoms with E-state index in [4.69, 9.17) is 0 Å². The quantitative estimate of drug-likeness (QED) is 0.676. The zero-order valence-electron chi connectivity index (χ0n) is 7.80. The molecule has 0 spiro atoms. The molecule has 1 aromatic heterocycles. The minimum Gasteiger partial charge on any atom is -0.317 e. The summed E-state index contributed by atoms with van der Waals surface area (Å²) in [5, 5.41) is 7.97. The zero-order chi connectivity index (χ0) is 9.38. The smallest absolute Gasteiger partial charge is 0.133 e. The Morgan fingerprint density at radius 1 is 1.21 bits per heavy atom. The highest BCUT2D eigenvalue weighted by Gasteiger charge is 2.23. The van der Waals surface area contributed by atoms with Crippen molar-refractivity contribution in [3.8, 4) is 0 Å². The predicted octanol–water partition coefficient (Wildman–Crippen LogP) is 1.62. The lowest BCUT2D eigenvalue weighted by molar-refractivity contribution is 0.645. The maximum absolute atomic E-state index is 4.09. The molecule has 0 N–H and O–H groups in total. The van der Waals surface area contributed by atoms with Crippen LogP contribution in [0, 0.1) is 0 Å². The second-order valence-corrected chi connectivity index (χ2v) is 3.71. The summed E-state index contributed by atoms with van der Waals surface area (Å²) in [7, 11) is 0. The van der Waals surface area contributed by atoms with Gasteiger partial charge in [-0.3, -0.25) is 0 Å². The predicted molar refractivity (Wildman–Crippen MR) is 52.9 cm³/mol. The Labute approximate surface area is 82.4 Å². The molecule has 0 fully saturated rings. The topological polar surface area (TPSA) is 30.7 Å². The maximum atomic E-state index is 4.09. The highest BCUT2D eigenvalue weighted by Crippen LogP contribution is 2.27. The minimum absolute atomic E-state index is 0.585. The maximum Gasteiger partial charge on any atom is 0.133 e. The summed E-state index contributed by atoms with van der Waals surface area (Å²) in [5.74, 6) is 1.69. The third-order valence-corrected chi connectivity index (χ3v) is 2.81. The van der Waals surface area contributed by atoms with Crippen LogP contribution in [0.15, 0.2) is 36.7 Å². The van der Waals surface area contributed by atoms with E-state index >= 15 is 0 Å². The van der Waals surface area contributed by atoms with Gasteiger partial charge in [0.25, 0.3) is 0 Å². The fraction of sp³-hybridized carbons (Fsp3) is 0.273. The SMILES string of the molecule is c1ccc(C2Cc3nncn3C2)cc1. The number of fused-ring (bicyclic) bond motifs is 1. The number of nitrogens with zero attached hydrogens (tertiary/aromatic N) is 3. The summed E-state index contributed by atoms with van der Waals surface area (Å²) in [6, 6.07) is 10.6. The van der Waals surface area contributed by atoms with Crippen molar-refractivity contribution in [3.05, 3.63) is 48.0 Å². The Morgan fingerprint density at radius 3 is 2.86 bits per heavy atom. The van der Waals surface area contributed by atoms with Crippen LogP contribution in [0.5, 0.6) is 0 Å². The highest BCUT2D eigenvalue weighted by molar-refractivity contribution is 5.22. The van der Waals surface area contributed by atoms with Gasteiger partial charge in [-0.05, 0) is 5.56 Å². The van der Waals surface area contributed by atoms with Gasteiger partial charge in [0.2, 0.25) is 0 Å². The molecule has 2 aromatic rings. The van der Waals surface area contributed by atoms with Gasteiger partial charge in [0.15, 0.2) is 0 Å². The van der Waals surface area contributed by atoms with E-state index in [1.165, 1.54) is 5.56 Å². The van der Waals surface area contributed by atoms with Crippen LogP contribution in [0.1, 0.15) is 17.3 Å². The van der Waals surface area contributed by atoms with E-state index in [0.717, 1.165) is 18.8 Å². The molecule has 3 heteroatoms. The molecule has 0 saturated carbocycles. The normalized spacial score (nSPS) is 19.6. The third-order valence-electron chi connectivity index (χ3n) is 2.81. The van der Waals surface area contributed by atoms with Gasteiger partial charge in [0.1, 0.15) is 12.2 Å². The first-order valence-electron chi connectivity index (χ1n) is 4.85. The van der Waals surface area contributed by atoms with Crippen molar-refractivity contribution in [1.82, 2.24) is 14.8 Å². The molecule has 0 aliphatic carbocycles. The van der Waals surface area contributed by atoms with Gasteiger partial charge in [0, 0.05) is 18.9 Å².